The Morgan fingerprint density at radius 2 is 1.92 bits per heavy atom. The van der Waals surface area contributed by atoms with Gasteiger partial charge in [0.2, 0.25) is 15.9 Å². The summed E-state index contributed by atoms with van der Waals surface area (Å²) < 4.78 is 27.5. The molecule has 3 aromatic rings. The lowest BCUT2D eigenvalue weighted by Crippen LogP contribution is -2.28. The molecule has 0 aliphatic carbocycles. The van der Waals surface area contributed by atoms with Gasteiger partial charge in [0.15, 0.2) is 0 Å². The minimum Gasteiger partial charge on any atom is -0.326 e. The number of amides is 1. The summed E-state index contributed by atoms with van der Waals surface area (Å²) in [5, 5.41) is 10.9. The van der Waals surface area contributed by atoms with Gasteiger partial charge in [-0.15, -0.1) is 0 Å². The lowest BCUT2D eigenvalue weighted by Gasteiger charge is -2.08. The smallest absolute Gasteiger partial charge is 0.242 e. The Balaban J connectivity index is 1.64. The van der Waals surface area contributed by atoms with Crippen molar-refractivity contribution in [1.82, 2.24) is 19.7 Å². The monoisotopic (exact) mass is 373 g/mol. The van der Waals surface area contributed by atoms with E-state index in [2.05, 4.69) is 20.2 Å². The molecular formula is C17H19N5O3S. The van der Waals surface area contributed by atoms with Crippen LogP contribution in [0.1, 0.15) is 12.0 Å². The third-order valence-corrected chi connectivity index (χ3v) is 5.20. The summed E-state index contributed by atoms with van der Waals surface area (Å²) in [6.07, 6.45) is 0.0175. The summed E-state index contributed by atoms with van der Waals surface area (Å²) in [7, 11) is -2.17. The molecular weight excluding hydrogens is 354 g/mol. The molecule has 0 spiro atoms. The fourth-order valence-corrected chi connectivity index (χ4v) is 3.74. The van der Waals surface area contributed by atoms with Crippen molar-refractivity contribution in [1.29, 1.82) is 0 Å². The molecule has 2 aromatic carbocycles. The molecule has 0 radical (unpaired) electrons. The number of hydrogen-bond donors (Lipinski definition) is 2. The van der Waals surface area contributed by atoms with Gasteiger partial charge in [-0.05, 0) is 36.8 Å². The number of rotatable bonds is 6. The van der Waals surface area contributed by atoms with Gasteiger partial charge < -0.3 is 5.32 Å². The minimum atomic E-state index is -3.79. The molecule has 0 bridgehead atoms. The zero-order chi connectivity index (χ0) is 18.7. The maximum absolute atomic E-state index is 12.5. The maximum Gasteiger partial charge on any atom is 0.242 e. The van der Waals surface area contributed by atoms with E-state index in [9.17, 15) is 13.2 Å². The second kappa shape index (κ2) is 7.22. The Morgan fingerprint density at radius 1 is 1.15 bits per heavy atom. The zero-order valence-electron chi connectivity index (χ0n) is 14.4. The number of fused-ring (bicyclic) bond motifs is 1. The van der Waals surface area contributed by atoms with Crippen molar-refractivity contribution in [3.05, 3.63) is 48.0 Å². The van der Waals surface area contributed by atoms with Crippen molar-refractivity contribution in [2.75, 3.05) is 11.9 Å². The highest BCUT2D eigenvalue weighted by Crippen LogP contribution is 2.19. The Morgan fingerprint density at radius 3 is 2.69 bits per heavy atom. The molecule has 0 unspecified atom stereocenters. The summed E-state index contributed by atoms with van der Waals surface area (Å²) in [5.41, 5.74) is 2.50. The van der Waals surface area contributed by atoms with Crippen molar-refractivity contribution in [3.8, 4) is 0 Å². The van der Waals surface area contributed by atoms with E-state index in [-0.39, 0.29) is 23.8 Å². The highest BCUT2D eigenvalue weighted by atomic mass is 32.2. The van der Waals surface area contributed by atoms with Crippen LogP contribution in [0.4, 0.5) is 5.69 Å². The van der Waals surface area contributed by atoms with Crippen LogP contribution in [0.3, 0.4) is 0 Å². The van der Waals surface area contributed by atoms with Gasteiger partial charge in [0, 0.05) is 25.7 Å². The molecule has 0 saturated heterocycles. The van der Waals surface area contributed by atoms with Crippen LogP contribution in [-0.4, -0.2) is 35.9 Å². The summed E-state index contributed by atoms with van der Waals surface area (Å²) in [4.78, 5) is 13.4. The normalized spacial score (nSPS) is 11.6. The lowest BCUT2D eigenvalue weighted by molar-refractivity contribution is -0.116. The number of carbonyl (C=O) groups excluding carboxylic acids is 1. The number of sulfonamides is 1. The van der Waals surface area contributed by atoms with Crippen LogP contribution in [0.15, 0.2) is 47.4 Å². The van der Waals surface area contributed by atoms with Gasteiger partial charge >= 0.3 is 0 Å². The minimum absolute atomic E-state index is 0.0172. The van der Waals surface area contributed by atoms with Gasteiger partial charge in [0.1, 0.15) is 15.9 Å². The highest BCUT2D eigenvalue weighted by molar-refractivity contribution is 7.89. The third-order valence-electron chi connectivity index (χ3n) is 3.71. The number of aryl methyl sites for hydroxylation is 2. The predicted octanol–water partition coefficient (Wildman–Crippen LogP) is 1.58. The summed E-state index contributed by atoms with van der Waals surface area (Å²) >= 11 is 0. The first-order chi connectivity index (χ1) is 12.3. The van der Waals surface area contributed by atoms with E-state index in [1.807, 2.05) is 25.1 Å². The van der Waals surface area contributed by atoms with Crippen LogP contribution >= 0.6 is 0 Å². The van der Waals surface area contributed by atoms with E-state index in [1.54, 1.807) is 25.2 Å². The Kier molecular flexibility index (Phi) is 5.01. The zero-order valence-corrected chi connectivity index (χ0v) is 15.2. The fraction of sp³-hybridized carbons (Fsp3) is 0.235. The number of nitrogens with one attached hydrogen (secondary N) is 2. The Hall–Kier alpha value is -2.78. The van der Waals surface area contributed by atoms with Crippen LogP contribution in [0.5, 0.6) is 0 Å². The van der Waals surface area contributed by atoms with Gasteiger partial charge in [-0.1, -0.05) is 18.2 Å². The van der Waals surface area contributed by atoms with Crippen LogP contribution in [0, 0.1) is 6.92 Å². The molecule has 0 aliphatic rings. The standard InChI is InChI=1S/C17H19N5O3S/c1-12-5-3-6-13(11-12)19-16(23)9-10-18-26(24,25)15-8-4-7-14-17(15)21-22(2)20-14/h3-8,11,18H,9-10H2,1-2H3,(H,19,23). The molecule has 9 heteroatoms. The van der Waals surface area contributed by atoms with E-state index in [0.29, 0.717) is 16.7 Å². The molecule has 136 valence electrons. The number of nitrogens with zero attached hydrogens (tertiary/aromatic N) is 3. The molecule has 0 aliphatic heterocycles. The van der Waals surface area contributed by atoms with Gasteiger partial charge in [-0.2, -0.15) is 15.0 Å². The average molecular weight is 373 g/mol. The largest absolute Gasteiger partial charge is 0.326 e. The molecule has 3 rings (SSSR count). The van der Waals surface area contributed by atoms with Crippen molar-refractivity contribution in [3.63, 3.8) is 0 Å². The van der Waals surface area contributed by atoms with E-state index in [0.717, 1.165) is 5.56 Å². The summed E-state index contributed by atoms with van der Waals surface area (Å²) in [6.45, 7) is 1.91. The van der Waals surface area contributed by atoms with Gasteiger partial charge in [0.25, 0.3) is 0 Å². The quantitative estimate of drug-likeness (QED) is 0.682. The SMILES string of the molecule is Cc1cccc(NC(=O)CCNS(=O)(=O)c2cccc3nn(C)nc23)c1. The summed E-state index contributed by atoms with van der Waals surface area (Å²) in [6, 6.07) is 12.2. The van der Waals surface area contributed by atoms with Crippen LogP contribution in [0.2, 0.25) is 0 Å². The number of benzene rings is 2. The van der Waals surface area contributed by atoms with Crippen LogP contribution in [0.25, 0.3) is 11.0 Å². The van der Waals surface area contributed by atoms with Crippen molar-refractivity contribution >= 4 is 32.7 Å². The van der Waals surface area contributed by atoms with E-state index in [1.165, 1.54) is 10.9 Å². The second-order valence-corrected chi connectivity index (χ2v) is 7.61. The molecule has 0 atom stereocenters. The van der Waals surface area contributed by atoms with Crippen molar-refractivity contribution in [2.45, 2.75) is 18.2 Å². The van der Waals surface area contributed by atoms with E-state index < -0.39 is 10.0 Å². The molecule has 8 nitrogen and oxygen atoms in total. The molecule has 1 amide bonds. The Bertz CT molecular complexity index is 1060. The van der Waals surface area contributed by atoms with Gasteiger partial charge in [-0.25, -0.2) is 13.1 Å². The summed E-state index contributed by atoms with van der Waals surface area (Å²) in [5.74, 6) is -0.268. The van der Waals surface area contributed by atoms with Crippen LogP contribution < -0.4 is 10.0 Å². The average Bonchev–Trinajstić information content (AvgIpc) is 2.94. The van der Waals surface area contributed by atoms with Crippen molar-refractivity contribution in [2.24, 2.45) is 7.05 Å². The molecule has 26 heavy (non-hydrogen) atoms. The molecule has 1 heterocycles. The molecule has 0 fully saturated rings. The highest BCUT2D eigenvalue weighted by Gasteiger charge is 2.20. The number of carbonyl (C=O) groups is 1. The number of anilines is 1. The molecule has 1 aromatic heterocycles. The molecule has 2 N–H and O–H groups in total. The molecule has 0 saturated carbocycles. The van der Waals surface area contributed by atoms with Gasteiger partial charge in [0.05, 0.1) is 0 Å². The van der Waals surface area contributed by atoms with Crippen LogP contribution in [-0.2, 0) is 21.9 Å². The second-order valence-electron chi connectivity index (χ2n) is 5.88. The Labute approximate surface area is 151 Å². The lowest BCUT2D eigenvalue weighted by atomic mass is 10.2. The first-order valence-electron chi connectivity index (χ1n) is 8.01. The first-order valence-corrected chi connectivity index (χ1v) is 9.50. The first kappa shape index (κ1) is 18.0. The number of aromatic nitrogens is 3. The predicted molar refractivity (Wildman–Crippen MR) is 98.1 cm³/mol. The maximum atomic E-state index is 12.5. The van der Waals surface area contributed by atoms with E-state index >= 15 is 0 Å². The fourth-order valence-electron chi connectivity index (χ4n) is 2.55. The third kappa shape index (κ3) is 4.06. The van der Waals surface area contributed by atoms with Crippen molar-refractivity contribution < 1.29 is 13.2 Å². The van der Waals surface area contributed by atoms with E-state index in [4.69, 9.17) is 0 Å². The number of hydrogen-bond acceptors (Lipinski definition) is 5. The van der Waals surface area contributed by atoms with Gasteiger partial charge in [-0.3, -0.25) is 4.79 Å². The topological polar surface area (TPSA) is 106 Å².